The van der Waals surface area contributed by atoms with Crippen LogP contribution in [0.2, 0.25) is 0 Å². The minimum Gasteiger partial charge on any atom is -0.348 e. The van der Waals surface area contributed by atoms with Crippen LogP contribution < -0.4 is 5.32 Å². The molecule has 1 nitrogen and oxygen atoms in total. The normalized spacial score (nSPS) is 18.6. The molecule has 1 heterocycles. The Kier molecular flexibility index (Phi) is 2.27. The predicted octanol–water partition coefficient (Wildman–Crippen LogP) is 3.45. The Labute approximate surface area is 92.1 Å². The Morgan fingerprint density at radius 2 is 2.14 bits per heavy atom. The van der Waals surface area contributed by atoms with Crippen LogP contribution in [0.5, 0.6) is 0 Å². The van der Waals surface area contributed by atoms with Gasteiger partial charge in [-0.2, -0.15) is 0 Å². The van der Waals surface area contributed by atoms with E-state index in [-0.39, 0.29) is 10.6 Å². The number of hydrogen-bond donors (Lipinski definition) is 1. The van der Waals surface area contributed by atoms with E-state index in [2.05, 4.69) is 19.2 Å². The largest absolute Gasteiger partial charge is 0.348 e. The Morgan fingerprint density at radius 3 is 2.86 bits per heavy atom. The number of rotatable bonds is 0. The molecule has 1 aliphatic heterocycles. The van der Waals surface area contributed by atoms with Crippen LogP contribution in [0, 0.1) is 5.82 Å². The van der Waals surface area contributed by atoms with E-state index in [1.54, 1.807) is 17.8 Å². The summed E-state index contributed by atoms with van der Waals surface area (Å²) < 4.78 is 12.8. The van der Waals surface area contributed by atoms with Gasteiger partial charge in [-0.3, -0.25) is 0 Å². The first-order chi connectivity index (χ1) is 6.49. The first-order valence-corrected chi connectivity index (χ1v) is 5.51. The van der Waals surface area contributed by atoms with E-state index in [0.717, 1.165) is 15.6 Å². The summed E-state index contributed by atoms with van der Waals surface area (Å²) in [4.78, 5) is 1.80. The van der Waals surface area contributed by atoms with Gasteiger partial charge in [-0.1, -0.05) is 12.2 Å². The van der Waals surface area contributed by atoms with Crippen molar-refractivity contribution in [2.24, 2.45) is 0 Å². The molecule has 0 bridgehead atoms. The number of benzene rings is 1. The van der Waals surface area contributed by atoms with Crippen molar-refractivity contribution in [1.29, 1.82) is 0 Å². The Balaban J connectivity index is 2.46. The van der Waals surface area contributed by atoms with Crippen LogP contribution in [0.1, 0.15) is 13.8 Å². The molecule has 0 amide bonds. The van der Waals surface area contributed by atoms with Crippen molar-refractivity contribution < 1.29 is 4.39 Å². The molecule has 0 radical (unpaired) electrons. The van der Waals surface area contributed by atoms with E-state index in [9.17, 15) is 4.39 Å². The van der Waals surface area contributed by atoms with E-state index < -0.39 is 0 Å². The second kappa shape index (κ2) is 3.21. The van der Waals surface area contributed by atoms with Crippen LogP contribution in [0.15, 0.2) is 23.1 Å². The topological polar surface area (TPSA) is 12.0 Å². The van der Waals surface area contributed by atoms with Crippen LogP contribution in [-0.2, 0) is 0 Å². The molecule has 0 saturated heterocycles. The molecule has 0 spiro atoms. The monoisotopic (exact) mass is 227 g/mol. The molecule has 1 aromatic rings. The molecule has 0 aromatic heterocycles. The second-order valence-corrected chi connectivity index (χ2v) is 5.78. The van der Waals surface area contributed by atoms with Crippen LogP contribution in [0.3, 0.4) is 0 Å². The SMILES string of the molecule is CC1(C)Sc2ccc(F)cc2NC1=S. The fourth-order valence-corrected chi connectivity index (χ4v) is 2.57. The zero-order valence-electron chi connectivity index (χ0n) is 7.93. The number of halogens is 1. The molecule has 0 saturated carbocycles. The van der Waals surface area contributed by atoms with Crippen LogP contribution in [0.4, 0.5) is 10.1 Å². The number of nitrogens with one attached hydrogen (secondary N) is 1. The van der Waals surface area contributed by atoms with Crippen LogP contribution in [0.25, 0.3) is 0 Å². The van der Waals surface area contributed by atoms with Gasteiger partial charge in [0.25, 0.3) is 0 Å². The zero-order chi connectivity index (χ0) is 10.3. The minimum atomic E-state index is -0.237. The van der Waals surface area contributed by atoms with Crippen molar-refractivity contribution in [2.45, 2.75) is 23.5 Å². The van der Waals surface area contributed by atoms with Gasteiger partial charge in [-0.05, 0) is 32.0 Å². The quantitative estimate of drug-likeness (QED) is 0.682. The highest BCUT2D eigenvalue weighted by molar-refractivity contribution is 8.03. The fraction of sp³-hybridized carbons (Fsp3) is 0.300. The highest BCUT2D eigenvalue weighted by Gasteiger charge is 2.31. The third-order valence-corrected chi connectivity index (χ3v) is 4.13. The Bertz CT molecular complexity index is 401. The van der Waals surface area contributed by atoms with Crippen molar-refractivity contribution in [3.05, 3.63) is 24.0 Å². The fourth-order valence-electron chi connectivity index (χ4n) is 1.28. The first-order valence-electron chi connectivity index (χ1n) is 4.29. The van der Waals surface area contributed by atoms with Gasteiger partial charge < -0.3 is 5.32 Å². The third-order valence-electron chi connectivity index (χ3n) is 2.10. The third kappa shape index (κ3) is 1.64. The van der Waals surface area contributed by atoms with E-state index in [1.807, 2.05) is 0 Å². The first kappa shape index (κ1) is 9.93. The van der Waals surface area contributed by atoms with Crippen molar-refractivity contribution in [3.8, 4) is 0 Å². The van der Waals surface area contributed by atoms with Crippen molar-refractivity contribution >= 4 is 34.7 Å². The number of hydrogen-bond acceptors (Lipinski definition) is 2. The van der Waals surface area contributed by atoms with Gasteiger partial charge in [0.2, 0.25) is 0 Å². The average molecular weight is 227 g/mol. The summed E-state index contributed by atoms with van der Waals surface area (Å²) >= 11 is 6.87. The minimum absolute atomic E-state index is 0.111. The lowest BCUT2D eigenvalue weighted by molar-refractivity contribution is 0.627. The van der Waals surface area contributed by atoms with Gasteiger partial charge in [-0.15, -0.1) is 11.8 Å². The van der Waals surface area contributed by atoms with E-state index in [4.69, 9.17) is 12.2 Å². The molecular formula is C10H10FNS2. The summed E-state index contributed by atoms with van der Waals surface area (Å²) in [5.41, 5.74) is 0.777. The van der Waals surface area contributed by atoms with Gasteiger partial charge in [0.15, 0.2) is 0 Å². The van der Waals surface area contributed by atoms with Crippen molar-refractivity contribution in [3.63, 3.8) is 0 Å². The zero-order valence-corrected chi connectivity index (χ0v) is 9.56. The summed E-state index contributed by atoms with van der Waals surface area (Å²) in [5, 5.41) is 3.06. The molecule has 2 rings (SSSR count). The molecule has 74 valence electrons. The van der Waals surface area contributed by atoms with E-state index in [1.165, 1.54) is 12.1 Å². The summed E-state index contributed by atoms with van der Waals surface area (Å²) in [5.74, 6) is -0.237. The lowest BCUT2D eigenvalue weighted by atomic mass is 10.2. The summed E-state index contributed by atoms with van der Waals surface area (Å²) in [6, 6.07) is 4.73. The standard InChI is InChI=1S/C10H10FNS2/c1-10(2)9(13)12-7-5-6(11)3-4-8(7)14-10/h3-5H,1-2H3,(H,12,13). The molecule has 4 heteroatoms. The molecule has 1 aliphatic rings. The summed E-state index contributed by atoms with van der Waals surface area (Å²) in [7, 11) is 0. The average Bonchev–Trinajstić information content (AvgIpc) is 2.08. The Morgan fingerprint density at radius 1 is 1.43 bits per heavy atom. The highest BCUT2D eigenvalue weighted by atomic mass is 32.2. The molecule has 0 fully saturated rings. The van der Waals surface area contributed by atoms with Crippen molar-refractivity contribution in [2.75, 3.05) is 5.32 Å². The maximum Gasteiger partial charge on any atom is 0.125 e. The van der Waals surface area contributed by atoms with Gasteiger partial charge in [-0.25, -0.2) is 4.39 Å². The number of thioether (sulfide) groups is 1. The van der Waals surface area contributed by atoms with Crippen LogP contribution >= 0.6 is 24.0 Å². The van der Waals surface area contributed by atoms with Crippen LogP contribution in [-0.4, -0.2) is 9.74 Å². The molecule has 0 unspecified atom stereocenters. The van der Waals surface area contributed by atoms with E-state index >= 15 is 0 Å². The van der Waals surface area contributed by atoms with Gasteiger partial charge in [0, 0.05) is 4.90 Å². The maximum atomic E-state index is 12.9. The van der Waals surface area contributed by atoms with Gasteiger partial charge in [0.05, 0.1) is 15.4 Å². The molecule has 1 aromatic carbocycles. The number of fused-ring (bicyclic) bond motifs is 1. The highest BCUT2D eigenvalue weighted by Crippen LogP contribution is 2.42. The lowest BCUT2D eigenvalue weighted by Gasteiger charge is -2.32. The predicted molar refractivity (Wildman–Crippen MR) is 62.6 cm³/mol. The van der Waals surface area contributed by atoms with Gasteiger partial charge in [0.1, 0.15) is 5.82 Å². The smallest absolute Gasteiger partial charge is 0.125 e. The maximum absolute atomic E-state index is 12.9. The number of thiocarbonyl (C=S) groups is 1. The summed E-state index contributed by atoms with van der Waals surface area (Å²) in [6.45, 7) is 4.11. The van der Waals surface area contributed by atoms with E-state index in [0.29, 0.717) is 0 Å². The molecular weight excluding hydrogens is 217 g/mol. The molecule has 0 atom stereocenters. The number of anilines is 1. The molecule has 1 N–H and O–H groups in total. The van der Waals surface area contributed by atoms with Gasteiger partial charge >= 0.3 is 0 Å². The molecule has 14 heavy (non-hydrogen) atoms. The summed E-state index contributed by atoms with van der Waals surface area (Å²) in [6.07, 6.45) is 0. The molecule has 0 aliphatic carbocycles. The van der Waals surface area contributed by atoms with Crippen molar-refractivity contribution in [1.82, 2.24) is 0 Å². The lowest BCUT2D eigenvalue weighted by Crippen LogP contribution is -2.35. The second-order valence-electron chi connectivity index (χ2n) is 3.71. The Hall–Kier alpha value is -0.610.